The summed E-state index contributed by atoms with van der Waals surface area (Å²) in [7, 11) is 1.73. The molecule has 0 spiro atoms. The molecule has 0 atom stereocenters. The summed E-state index contributed by atoms with van der Waals surface area (Å²) < 4.78 is 0. The highest BCUT2D eigenvalue weighted by molar-refractivity contribution is 6.42. The van der Waals surface area contributed by atoms with E-state index in [1.807, 2.05) is 18.3 Å². The van der Waals surface area contributed by atoms with Crippen molar-refractivity contribution >= 4 is 34.7 Å². The number of hydrogen-bond acceptors (Lipinski definition) is 3. The first-order valence-electron chi connectivity index (χ1n) is 8.42. The highest BCUT2D eigenvalue weighted by Gasteiger charge is 2.09. The van der Waals surface area contributed by atoms with Gasteiger partial charge in [0.2, 0.25) is 0 Å². The molecule has 1 aromatic heterocycles. The van der Waals surface area contributed by atoms with Crippen LogP contribution in [-0.2, 0) is 11.2 Å². The molecule has 0 aliphatic rings. The molecule has 1 heterocycles. The molecule has 0 N–H and O–H groups in total. The average Bonchev–Trinajstić information content (AvgIpc) is 2.63. The van der Waals surface area contributed by atoms with Crippen LogP contribution in [0.25, 0.3) is 0 Å². The first-order chi connectivity index (χ1) is 12.1. The van der Waals surface area contributed by atoms with Crippen LogP contribution in [0.5, 0.6) is 0 Å². The number of nitrogens with zero attached hydrogens (tertiary/aromatic N) is 2. The molecular weight excluding hydrogens is 355 g/mol. The van der Waals surface area contributed by atoms with Gasteiger partial charge in [-0.05, 0) is 55.0 Å². The Morgan fingerprint density at radius 3 is 2.60 bits per heavy atom. The molecule has 5 heteroatoms. The molecule has 0 aliphatic carbocycles. The van der Waals surface area contributed by atoms with Crippen LogP contribution in [0.1, 0.15) is 43.2 Å². The third-order valence-electron chi connectivity index (χ3n) is 4.06. The van der Waals surface area contributed by atoms with E-state index in [-0.39, 0.29) is 5.78 Å². The predicted octanol–water partition coefficient (Wildman–Crippen LogP) is 5.57. The number of benzene rings is 1. The maximum absolute atomic E-state index is 12.1. The van der Waals surface area contributed by atoms with Crippen molar-refractivity contribution < 1.29 is 4.79 Å². The fraction of sp³-hybridized carbons (Fsp3) is 0.350. The SMILES string of the molecule is CN=C(CCC(=O)CCCCc1cccnc1)c1ccc(Cl)c(Cl)c1. The van der Waals surface area contributed by atoms with Crippen LogP contribution < -0.4 is 0 Å². The van der Waals surface area contributed by atoms with Crippen LogP contribution in [0.3, 0.4) is 0 Å². The number of carbonyl (C=O) groups is 1. The normalized spacial score (nSPS) is 11.6. The highest BCUT2D eigenvalue weighted by atomic mass is 35.5. The highest BCUT2D eigenvalue weighted by Crippen LogP contribution is 2.23. The summed E-state index contributed by atoms with van der Waals surface area (Å²) in [5.74, 6) is 0.271. The molecule has 132 valence electrons. The van der Waals surface area contributed by atoms with Crippen LogP contribution in [0.2, 0.25) is 10.0 Å². The van der Waals surface area contributed by atoms with Crippen LogP contribution in [0.4, 0.5) is 0 Å². The Kier molecular flexibility index (Phi) is 8.10. The predicted molar refractivity (Wildman–Crippen MR) is 105 cm³/mol. The lowest BCUT2D eigenvalue weighted by molar-refractivity contribution is -0.119. The third kappa shape index (κ3) is 6.60. The molecule has 0 amide bonds. The molecular formula is C20H22Cl2N2O. The van der Waals surface area contributed by atoms with Crippen molar-refractivity contribution in [3.05, 3.63) is 63.9 Å². The smallest absolute Gasteiger partial charge is 0.133 e. The van der Waals surface area contributed by atoms with Gasteiger partial charge >= 0.3 is 0 Å². The zero-order chi connectivity index (χ0) is 18.1. The first-order valence-corrected chi connectivity index (χ1v) is 9.17. The van der Waals surface area contributed by atoms with Crippen molar-refractivity contribution in [2.24, 2.45) is 4.99 Å². The third-order valence-corrected chi connectivity index (χ3v) is 4.80. The molecule has 3 nitrogen and oxygen atoms in total. The minimum Gasteiger partial charge on any atom is -0.300 e. The van der Waals surface area contributed by atoms with E-state index in [1.54, 1.807) is 25.4 Å². The van der Waals surface area contributed by atoms with Crippen LogP contribution >= 0.6 is 23.2 Å². The summed E-state index contributed by atoms with van der Waals surface area (Å²) in [6, 6.07) is 9.44. The van der Waals surface area contributed by atoms with Crippen molar-refractivity contribution in [1.82, 2.24) is 4.98 Å². The quantitative estimate of drug-likeness (QED) is 0.424. The lowest BCUT2D eigenvalue weighted by Crippen LogP contribution is -2.06. The maximum Gasteiger partial charge on any atom is 0.133 e. The molecule has 0 unspecified atom stereocenters. The fourth-order valence-corrected chi connectivity index (χ4v) is 2.94. The van der Waals surface area contributed by atoms with E-state index < -0.39 is 0 Å². The summed E-state index contributed by atoms with van der Waals surface area (Å²) in [5, 5.41) is 1.02. The van der Waals surface area contributed by atoms with E-state index in [1.165, 1.54) is 5.56 Å². The van der Waals surface area contributed by atoms with Gasteiger partial charge in [-0.1, -0.05) is 35.3 Å². The molecule has 0 bridgehead atoms. The van der Waals surface area contributed by atoms with Crippen molar-refractivity contribution in [3.63, 3.8) is 0 Å². The topological polar surface area (TPSA) is 42.3 Å². The lowest BCUT2D eigenvalue weighted by Gasteiger charge is -2.07. The Balaban J connectivity index is 1.73. The number of ketones is 1. The summed E-state index contributed by atoms with van der Waals surface area (Å²) >= 11 is 12.0. The average molecular weight is 377 g/mol. The van der Waals surface area contributed by atoms with Gasteiger partial charge in [-0.15, -0.1) is 0 Å². The van der Waals surface area contributed by atoms with Gasteiger partial charge in [0.1, 0.15) is 5.78 Å². The molecule has 25 heavy (non-hydrogen) atoms. The standard InChI is InChI=1S/C20H22Cl2N2O/c1-23-20(16-8-10-18(21)19(22)13-16)11-9-17(25)7-3-2-5-15-6-4-12-24-14-15/h4,6,8,10,12-14H,2-3,5,7,9,11H2,1H3. The van der Waals surface area contributed by atoms with Crippen molar-refractivity contribution in [1.29, 1.82) is 0 Å². The van der Waals surface area contributed by atoms with E-state index in [0.29, 0.717) is 29.3 Å². The largest absolute Gasteiger partial charge is 0.300 e. The van der Waals surface area contributed by atoms with Gasteiger partial charge in [0.15, 0.2) is 0 Å². The summed E-state index contributed by atoms with van der Waals surface area (Å²) in [6.07, 6.45) is 8.25. The Morgan fingerprint density at radius 2 is 1.92 bits per heavy atom. The van der Waals surface area contributed by atoms with Crippen LogP contribution in [0.15, 0.2) is 47.7 Å². The Morgan fingerprint density at radius 1 is 1.08 bits per heavy atom. The number of carbonyl (C=O) groups excluding carboxylic acids is 1. The number of unbranched alkanes of at least 4 members (excludes halogenated alkanes) is 1. The van der Waals surface area contributed by atoms with E-state index in [0.717, 1.165) is 30.5 Å². The lowest BCUT2D eigenvalue weighted by atomic mass is 10.0. The number of rotatable bonds is 9. The molecule has 0 radical (unpaired) electrons. The second-order valence-corrected chi connectivity index (χ2v) is 6.72. The molecule has 0 aliphatic heterocycles. The number of pyridine rings is 1. The summed E-state index contributed by atoms with van der Waals surface area (Å²) in [6.45, 7) is 0. The van der Waals surface area contributed by atoms with Gasteiger partial charge in [0.05, 0.1) is 10.0 Å². The van der Waals surface area contributed by atoms with Crippen LogP contribution in [0, 0.1) is 0 Å². The van der Waals surface area contributed by atoms with Gasteiger partial charge in [-0.3, -0.25) is 14.8 Å². The molecule has 0 fully saturated rings. The summed E-state index contributed by atoms with van der Waals surface area (Å²) in [5.41, 5.74) is 3.01. The zero-order valence-electron chi connectivity index (χ0n) is 14.3. The summed E-state index contributed by atoms with van der Waals surface area (Å²) in [4.78, 5) is 20.5. The Bertz CT molecular complexity index is 730. The number of Topliss-reactive ketones (excluding diaryl/α,β-unsaturated/α-hetero) is 1. The fourth-order valence-electron chi connectivity index (χ4n) is 2.64. The first kappa shape index (κ1) is 19.6. The molecule has 2 rings (SSSR count). The maximum atomic E-state index is 12.1. The van der Waals surface area contributed by atoms with Gasteiger partial charge in [-0.25, -0.2) is 0 Å². The Labute approximate surface area is 159 Å². The number of hydrogen-bond donors (Lipinski definition) is 0. The molecule has 0 saturated heterocycles. The van der Waals surface area contributed by atoms with Gasteiger partial charge in [-0.2, -0.15) is 0 Å². The van der Waals surface area contributed by atoms with E-state index in [2.05, 4.69) is 16.0 Å². The zero-order valence-corrected chi connectivity index (χ0v) is 15.9. The second-order valence-electron chi connectivity index (χ2n) is 5.91. The van der Waals surface area contributed by atoms with E-state index >= 15 is 0 Å². The Hall–Kier alpha value is -1.71. The monoisotopic (exact) mass is 376 g/mol. The molecule has 2 aromatic rings. The van der Waals surface area contributed by atoms with Crippen molar-refractivity contribution in [2.75, 3.05) is 7.05 Å². The van der Waals surface area contributed by atoms with Crippen molar-refractivity contribution in [2.45, 2.75) is 38.5 Å². The number of aromatic nitrogens is 1. The number of aliphatic imine (C=N–C) groups is 1. The minimum atomic E-state index is 0.271. The minimum absolute atomic E-state index is 0.271. The van der Waals surface area contributed by atoms with E-state index in [9.17, 15) is 4.79 Å². The van der Waals surface area contributed by atoms with Gasteiger partial charge in [0, 0.05) is 38.0 Å². The second kappa shape index (κ2) is 10.3. The van der Waals surface area contributed by atoms with Crippen LogP contribution in [-0.4, -0.2) is 23.5 Å². The molecule has 1 aromatic carbocycles. The van der Waals surface area contributed by atoms with E-state index in [4.69, 9.17) is 23.2 Å². The van der Waals surface area contributed by atoms with Gasteiger partial charge in [0.25, 0.3) is 0 Å². The molecule has 0 saturated carbocycles. The number of aryl methyl sites for hydroxylation is 1. The van der Waals surface area contributed by atoms with Crippen molar-refractivity contribution in [3.8, 4) is 0 Å². The van der Waals surface area contributed by atoms with Gasteiger partial charge < -0.3 is 0 Å². The number of halogens is 2.